The van der Waals surface area contributed by atoms with Crippen molar-refractivity contribution in [2.75, 3.05) is 6.61 Å². The molecule has 4 heterocycles. The van der Waals surface area contributed by atoms with E-state index < -0.39 is 53.1 Å². The van der Waals surface area contributed by atoms with Crippen LogP contribution < -0.4 is 27.3 Å². The van der Waals surface area contributed by atoms with Crippen molar-refractivity contribution in [3.8, 4) is 11.8 Å². The summed E-state index contributed by atoms with van der Waals surface area (Å²) in [5, 5.41) is 9.90. The van der Waals surface area contributed by atoms with Crippen LogP contribution in [0.1, 0.15) is 56.2 Å². The Morgan fingerprint density at radius 3 is 2.59 bits per heavy atom. The number of H-pyrrole nitrogens is 1. The summed E-state index contributed by atoms with van der Waals surface area (Å²) in [7, 11) is 0. The second-order valence-electron chi connectivity index (χ2n) is 9.10. The number of pyridine rings is 1. The first-order valence-electron chi connectivity index (χ1n) is 12.1. The van der Waals surface area contributed by atoms with E-state index in [0.29, 0.717) is 12.2 Å². The van der Waals surface area contributed by atoms with Crippen molar-refractivity contribution < 1.29 is 28.5 Å². The zero-order valence-electron chi connectivity index (χ0n) is 21.7. The molecular formula is C25H27N5O9. The third kappa shape index (κ3) is 5.08. The van der Waals surface area contributed by atoms with Crippen molar-refractivity contribution in [2.24, 2.45) is 5.73 Å². The van der Waals surface area contributed by atoms with Gasteiger partial charge in [0.05, 0.1) is 11.5 Å². The van der Waals surface area contributed by atoms with Gasteiger partial charge in [-0.05, 0) is 13.8 Å². The molecule has 4 atom stereocenters. The molecule has 2 aliphatic rings. The Balaban J connectivity index is 1.85. The Morgan fingerprint density at radius 2 is 1.97 bits per heavy atom. The van der Waals surface area contributed by atoms with E-state index in [2.05, 4.69) is 4.98 Å². The molecule has 3 N–H and O–H groups in total. The Morgan fingerprint density at radius 1 is 1.26 bits per heavy atom. The maximum Gasteiger partial charge on any atom is 0.330 e. The summed E-state index contributed by atoms with van der Waals surface area (Å²) in [5.74, 6) is -2.62. The number of rotatable bonds is 6. The number of nitriles is 1. The van der Waals surface area contributed by atoms with Gasteiger partial charge in [-0.25, -0.2) is 4.79 Å². The molecule has 39 heavy (non-hydrogen) atoms. The molecule has 14 heteroatoms. The van der Waals surface area contributed by atoms with Crippen molar-refractivity contribution in [2.45, 2.75) is 65.0 Å². The van der Waals surface area contributed by atoms with Crippen molar-refractivity contribution >= 4 is 11.9 Å². The molecule has 0 aliphatic carbocycles. The first-order chi connectivity index (χ1) is 18.5. The van der Waals surface area contributed by atoms with Gasteiger partial charge in [0.2, 0.25) is 5.88 Å². The van der Waals surface area contributed by atoms with E-state index >= 15 is 0 Å². The SMILES string of the molecule is CCn1c(C)cc2c(c1=O)C(c1cn([C@H]3C[C@H](OC(C)=O)[C@@H](COC(C)=O)O3)c(=O)[nH]c1=O)C(C#N)=C(N)O2. The molecular weight excluding hydrogens is 514 g/mol. The van der Waals surface area contributed by atoms with E-state index in [9.17, 15) is 29.2 Å². The van der Waals surface area contributed by atoms with Crippen LogP contribution in [0.2, 0.25) is 0 Å². The highest BCUT2D eigenvalue weighted by molar-refractivity contribution is 5.66. The molecule has 2 aromatic heterocycles. The lowest BCUT2D eigenvalue weighted by atomic mass is 9.85. The quantitative estimate of drug-likeness (QED) is 0.468. The lowest BCUT2D eigenvalue weighted by molar-refractivity contribution is -0.155. The third-order valence-corrected chi connectivity index (χ3v) is 6.57. The first-order valence-corrected chi connectivity index (χ1v) is 12.1. The molecule has 14 nitrogen and oxygen atoms in total. The number of allylic oxidation sites excluding steroid dienone is 1. The lowest BCUT2D eigenvalue weighted by Crippen LogP contribution is -2.38. The molecule has 0 amide bonds. The summed E-state index contributed by atoms with van der Waals surface area (Å²) in [6.07, 6.45) is -1.62. The van der Waals surface area contributed by atoms with Gasteiger partial charge >= 0.3 is 17.6 Å². The van der Waals surface area contributed by atoms with Crippen LogP contribution in [0.4, 0.5) is 0 Å². The molecule has 0 spiro atoms. The van der Waals surface area contributed by atoms with Gasteiger partial charge in [0.1, 0.15) is 42.4 Å². The fourth-order valence-corrected chi connectivity index (χ4v) is 4.87. The fourth-order valence-electron chi connectivity index (χ4n) is 4.87. The van der Waals surface area contributed by atoms with Crippen molar-refractivity contribution in [3.63, 3.8) is 0 Å². The van der Waals surface area contributed by atoms with Gasteiger partial charge in [-0.2, -0.15) is 5.26 Å². The Hall–Kier alpha value is -4.64. The number of nitrogens with two attached hydrogens (primary N) is 1. The van der Waals surface area contributed by atoms with Gasteiger partial charge in [0.25, 0.3) is 11.1 Å². The molecule has 206 valence electrons. The molecule has 4 rings (SSSR count). The smallest absolute Gasteiger partial charge is 0.330 e. The van der Waals surface area contributed by atoms with E-state index in [1.165, 1.54) is 24.6 Å². The topological polar surface area (TPSA) is 198 Å². The predicted molar refractivity (Wildman–Crippen MR) is 132 cm³/mol. The summed E-state index contributed by atoms with van der Waals surface area (Å²) in [6.45, 7) is 5.96. The summed E-state index contributed by atoms with van der Waals surface area (Å²) in [6, 6.07) is 3.51. The molecule has 2 aliphatic heterocycles. The van der Waals surface area contributed by atoms with Crippen molar-refractivity contribution in [1.29, 1.82) is 5.26 Å². The minimum atomic E-state index is -1.25. The average molecular weight is 542 g/mol. The highest BCUT2D eigenvalue weighted by Crippen LogP contribution is 2.39. The minimum Gasteiger partial charge on any atom is -0.463 e. The number of carbonyl (C=O) groups is 2. The minimum absolute atomic E-state index is 0.00775. The molecule has 0 radical (unpaired) electrons. The summed E-state index contributed by atoms with van der Waals surface area (Å²) in [4.78, 5) is 64.6. The standard InChI is InChI=1S/C25H27N5O9/c1-5-29-11(2)6-17-21(24(29)34)20(14(8-26)22(27)39-17)15-9-30(25(35)28-23(15)33)19-7-16(37-13(4)32)18(38-19)10-36-12(3)31/h6,9,16,18-20H,5,7,10,27H2,1-4H3,(H,28,33,35)/t16-,18+,19+,20?/m0/s1. The van der Waals surface area contributed by atoms with Crippen LogP contribution in [0.15, 0.2) is 38.1 Å². The summed E-state index contributed by atoms with van der Waals surface area (Å²) < 4.78 is 24.3. The number of hydrogen-bond donors (Lipinski definition) is 2. The van der Waals surface area contributed by atoms with Crippen LogP contribution in [0.25, 0.3) is 0 Å². The number of aryl methyl sites for hydroxylation is 1. The molecule has 2 aromatic rings. The van der Waals surface area contributed by atoms with Crippen molar-refractivity contribution in [1.82, 2.24) is 14.1 Å². The zero-order valence-corrected chi connectivity index (χ0v) is 21.7. The molecule has 0 saturated carbocycles. The number of esters is 2. The second kappa shape index (κ2) is 10.6. The van der Waals surface area contributed by atoms with Crippen LogP contribution in [0, 0.1) is 18.3 Å². The molecule has 0 aromatic carbocycles. The Kier molecular flexibility index (Phi) is 7.46. The van der Waals surface area contributed by atoms with Gasteiger partial charge in [-0.15, -0.1) is 0 Å². The number of fused-ring (bicyclic) bond motifs is 1. The highest BCUT2D eigenvalue weighted by atomic mass is 16.6. The molecule has 1 saturated heterocycles. The van der Waals surface area contributed by atoms with Crippen LogP contribution >= 0.6 is 0 Å². The summed E-state index contributed by atoms with van der Waals surface area (Å²) >= 11 is 0. The van der Waals surface area contributed by atoms with Gasteiger partial charge in [0.15, 0.2) is 0 Å². The van der Waals surface area contributed by atoms with Crippen LogP contribution in [0.5, 0.6) is 5.75 Å². The monoisotopic (exact) mass is 541 g/mol. The Labute approximate surface area is 221 Å². The van der Waals surface area contributed by atoms with Gasteiger partial charge in [-0.1, -0.05) is 0 Å². The fraction of sp³-hybridized carbons (Fsp3) is 0.440. The maximum absolute atomic E-state index is 13.5. The summed E-state index contributed by atoms with van der Waals surface area (Å²) in [5.41, 5.74) is 4.13. The van der Waals surface area contributed by atoms with E-state index in [4.69, 9.17) is 24.7 Å². The second-order valence-corrected chi connectivity index (χ2v) is 9.10. The number of aromatic amines is 1. The van der Waals surface area contributed by atoms with Gasteiger partial charge in [-0.3, -0.25) is 28.7 Å². The van der Waals surface area contributed by atoms with Gasteiger partial charge in [0, 0.05) is 50.3 Å². The van der Waals surface area contributed by atoms with E-state index in [0.717, 1.165) is 4.57 Å². The highest BCUT2D eigenvalue weighted by Gasteiger charge is 2.41. The molecule has 1 unspecified atom stereocenters. The number of nitrogens with zero attached hydrogens (tertiary/aromatic N) is 3. The van der Waals surface area contributed by atoms with Crippen LogP contribution in [-0.4, -0.2) is 44.9 Å². The number of hydrogen-bond acceptors (Lipinski definition) is 11. The number of carbonyl (C=O) groups excluding carboxylic acids is 2. The third-order valence-electron chi connectivity index (χ3n) is 6.57. The normalized spacial score (nSPS) is 22.0. The number of ether oxygens (including phenoxy) is 4. The predicted octanol–water partition coefficient (Wildman–Crippen LogP) is 0.0271. The van der Waals surface area contributed by atoms with E-state index in [-0.39, 0.29) is 41.4 Å². The van der Waals surface area contributed by atoms with Gasteiger partial charge < -0.3 is 29.2 Å². The molecule has 0 bridgehead atoms. The average Bonchev–Trinajstić information content (AvgIpc) is 3.23. The van der Waals surface area contributed by atoms with Crippen molar-refractivity contribution in [3.05, 3.63) is 71.7 Å². The van der Waals surface area contributed by atoms with Crippen LogP contribution in [0.3, 0.4) is 0 Å². The number of nitrogens with one attached hydrogen (secondary N) is 1. The van der Waals surface area contributed by atoms with E-state index in [1.807, 2.05) is 6.07 Å². The molecule has 1 fully saturated rings. The first kappa shape index (κ1) is 27.4. The zero-order chi connectivity index (χ0) is 28.6. The Bertz CT molecular complexity index is 1590. The maximum atomic E-state index is 13.5. The number of aromatic nitrogens is 3. The van der Waals surface area contributed by atoms with Crippen LogP contribution in [-0.2, 0) is 30.3 Å². The van der Waals surface area contributed by atoms with E-state index in [1.54, 1.807) is 19.9 Å². The lowest BCUT2D eigenvalue weighted by Gasteiger charge is -2.27. The largest absolute Gasteiger partial charge is 0.463 e.